The molecule has 114 valence electrons. The first-order chi connectivity index (χ1) is 10.1. The molecule has 2 aromatic rings. The summed E-state index contributed by atoms with van der Waals surface area (Å²) >= 11 is 0. The van der Waals surface area contributed by atoms with Crippen LogP contribution in [0.5, 0.6) is 0 Å². The molecule has 21 heavy (non-hydrogen) atoms. The molecule has 0 fully saturated rings. The number of nitrogens with zero attached hydrogens (tertiary/aromatic N) is 3. The zero-order valence-electron chi connectivity index (χ0n) is 11.6. The van der Waals surface area contributed by atoms with Crippen LogP contribution in [0.15, 0.2) is 41.6 Å². The van der Waals surface area contributed by atoms with Crippen molar-refractivity contribution in [2.45, 2.75) is 24.3 Å². The Morgan fingerprint density at radius 1 is 1.24 bits per heavy atom. The van der Waals surface area contributed by atoms with Crippen molar-refractivity contribution >= 4 is 10.0 Å². The van der Waals surface area contributed by atoms with E-state index in [0.29, 0.717) is 26.1 Å². The minimum atomic E-state index is -3.46. The predicted molar refractivity (Wildman–Crippen MR) is 79.0 cm³/mol. The van der Waals surface area contributed by atoms with Crippen LogP contribution in [-0.4, -0.2) is 36.5 Å². The minimum absolute atomic E-state index is 0.268. The molecular weight excluding hydrogens is 290 g/mol. The van der Waals surface area contributed by atoms with Crippen LogP contribution in [-0.2, 0) is 23.0 Å². The van der Waals surface area contributed by atoms with Crippen LogP contribution >= 0.6 is 0 Å². The highest BCUT2D eigenvalue weighted by Crippen LogP contribution is 2.10. The Bertz CT molecular complexity index is 638. The van der Waals surface area contributed by atoms with Gasteiger partial charge in [-0.25, -0.2) is 13.1 Å². The molecule has 0 spiro atoms. The van der Waals surface area contributed by atoms with Crippen molar-refractivity contribution in [3.8, 4) is 0 Å². The van der Waals surface area contributed by atoms with Crippen LogP contribution in [0.2, 0.25) is 0 Å². The van der Waals surface area contributed by atoms with Crippen LogP contribution < -0.4 is 10.5 Å². The topological polar surface area (TPSA) is 103 Å². The van der Waals surface area contributed by atoms with Gasteiger partial charge in [0.25, 0.3) is 0 Å². The van der Waals surface area contributed by atoms with Gasteiger partial charge in [0.1, 0.15) is 0 Å². The minimum Gasteiger partial charge on any atom is -0.330 e. The quantitative estimate of drug-likeness (QED) is 0.676. The van der Waals surface area contributed by atoms with Crippen LogP contribution in [0.1, 0.15) is 12.0 Å². The van der Waals surface area contributed by atoms with E-state index in [1.807, 2.05) is 0 Å². The third-order valence-corrected chi connectivity index (χ3v) is 4.47. The number of sulfonamides is 1. The van der Waals surface area contributed by atoms with E-state index in [1.165, 1.54) is 0 Å². The van der Waals surface area contributed by atoms with E-state index in [2.05, 4.69) is 15.0 Å². The Morgan fingerprint density at radius 2 is 2.00 bits per heavy atom. The third-order valence-electron chi connectivity index (χ3n) is 2.99. The van der Waals surface area contributed by atoms with Gasteiger partial charge >= 0.3 is 0 Å². The van der Waals surface area contributed by atoms with Crippen LogP contribution in [0.25, 0.3) is 0 Å². The molecule has 0 atom stereocenters. The van der Waals surface area contributed by atoms with Gasteiger partial charge in [-0.2, -0.15) is 0 Å². The van der Waals surface area contributed by atoms with Gasteiger partial charge in [0, 0.05) is 19.3 Å². The molecule has 0 aliphatic carbocycles. The number of benzene rings is 1. The van der Waals surface area contributed by atoms with E-state index in [0.717, 1.165) is 12.0 Å². The Kier molecular flexibility index (Phi) is 5.43. The summed E-state index contributed by atoms with van der Waals surface area (Å²) in [4.78, 5) is 0.268. The SMILES string of the molecule is NCCc1ccc(S(=O)(=O)NCCCn2ccnn2)cc1. The lowest BCUT2D eigenvalue weighted by atomic mass is 10.2. The molecule has 2 rings (SSSR count). The first-order valence-corrected chi connectivity index (χ1v) is 8.23. The third kappa shape index (κ3) is 4.62. The fourth-order valence-corrected chi connectivity index (χ4v) is 2.96. The van der Waals surface area contributed by atoms with Crippen molar-refractivity contribution < 1.29 is 8.42 Å². The van der Waals surface area contributed by atoms with Crippen molar-refractivity contribution in [3.05, 3.63) is 42.2 Å². The second-order valence-corrected chi connectivity index (χ2v) is 6.37. The van der Waals surface area contributed by atoms with Gasteiger partial charge in [-0.05, 0) is 37.1 Å². The second-order valence-electron chi connectivity index (χ2n) is 4.60. The van der Waals surface area contributed by atoms with Crippen molar-refractivity contribution in [2.75, 3.05) is 13.1 Å². The highest BCUT2D eigenvalue weighted by atomic mass is 32.2. The maximum atomic E-state index is 12.1. The number of hydrogen-bond acceptors (Lipinski definition) is 5. The highest BCUT2D eigenvalue weighted by molar-refractivity contribution is 7.89. The predicted octanol–water partition coefficient (Wildman–Crippen LogP) is 0.148. The number of hydrogen-bond donors (Lipinski definition) is 2. The Labute approximate surface area is 124 Å². The molecule has 0 saturated carbocycles. The van der Waals surface area contributed by atoms with Crippen molar-refractivity contribution in [1.82, 2.24) is 19.7 Å². The summed E-state index contributed by atoms with van der Waals surface area (Å²) in [6.07, 6.45) is 4.72. The van der Waals surface area contributed by atoms with Gasteiger partial charge in [0.2, 0.25) is 10.0 Å². The van der Waals surface area contributed by atoms with E-state index in [9.17, 15) is 8.42 Å². The summed E-state index contributed by atoms with van der Waals surface area (Å²) in [5.41, 5.74) is 6.49. The molecule has 0 bridgehead atoms. The van der Waals surface area contributed by atoms with Gasteiger partial charge in [0.15, 0.2) is 0 Å². The average Bonchev–Trinajstić information content (AvgIpc) is 2.98. The monoisotopic (exact) mass is 309 g/mol. The second kappa shape index (κ2) is 7.30. The van der Waals surface area contributed by atoms with Crippen LogP contribution in [0.4, 0.5) is 0 Å². The molecule has 0 aliphatic rings. The lowest BCUT2D eigenvalue weighted by molar-refractivity contribution is 0.542. The first-order valence-electron chi connectivity index (χ1n) is 6.74. The summed E-state index contributed by atoms with van der Waals surface area (Å²) in [5.74, 6) is 0. The summed E-state index contributed by atoms with van der Waals surface area (Å²) in [6, 6.07) is 6.78. The van der Waals surface area contributed by atoms with Crippen molar-refractivity contribution in [1.29, 1.82) is 0 Å². The normalized spacial score (nSPS) is 11.7. The zero-order chi connectivity index (χ0) is 15.1. The van der Waals surface area contributed by atoms with E-state index in [-0.39, 0.29) is 4.90 Å². The summed E-state index contributed by atoms with van der Waals surface area (Å²) in [6.45, 7) is 1.53. The van der Waals surface area contributed by atoms with E-state index < -0.39 is 10.0 Å². The molecule has 0 radical (unpaired) electrons. The van der Waals surface area contributed by atoms with Crippen LogP contribution in [0, 0.1) is 0 Å². The number of aryl methyl sites for hydroxylation is 1. The molecule has 3 N–H and O–H groups in total. The molecule has 7 nitrogen and oxygen atoms in total. The first kappa shape index (κ1) is 15.6. The molecule has 1 aromatic heterocycles. The lowest BCUT2D eigenvalue weighted by Crippen LogP contribution is -2.25. The Balaban J connectivity index is 1.85. The Morgan fingerprint density at radius 3 is 2.62 bits per heavy atom. The van der Waals surface area contributed by atoms with E-state index >= 15 is 0 Å². The van der Waals surface area contributed by atoms with Gasteiger partial charge in [-0.15, -0.1) is 5.10 Å². The highest BCUT2D eigenvalue weighted by Gasteiger charge is 2.12. The maximum Gasteiger partial charge on any atom is 0.240 e. The largest absolute Gasteiger partial charge is 0.330 e. The van der Waals surface area contributed by atoms with Gasteiger partial charge in [-0.1, -0.05) is 17.3 Å². The molecule has 0 unspecified atom stereocenters. The fourth-order valence-electron chi connectivity index (χ4n) is 1.88. The molecule has 8 heteroatoms. The number of rotatable bonds is 8. The Hall–Kier alpha value is -1.77. The standard InChI is InChI=1S/C13H19N5O2S/c14-7-6-12-2-4-13(5-3-12)21(19,20)16-8-1-10-18-11-9-15-17-18/h2-5,9,11,16H,1,6-8,10,14H2. The number of aromatic nitrogens is 3. The molecule has 0 amide bonds. The van der Waals surface area contributed by atoms with Crippen LogP contribution in [0.3, 0.4) is 0 Å². The summed E-state index contributed by atoms with van der Waals surface area (Å²) in [7, 11) is -3.46. The average molecular weight is 309 g/mol. The maximum absolute atomic E-state index is 12.1. The van der Waals surface area contributed by atoms with E-state index in [4.69, 9.17) is 5.73 Å². The summed E-state index contributed by atoms with van der Waals surface area (Å²) < 4.78 is 28.4. The lowest BCUT2D eigenvalue weighted by Gasteiger charge is -2.07. The molecule has 1 heterocycles. The fraction of sp³-hybridized carbons (Fsp3) is 0.385. The van der Waals surface area contributed by atoms with E-state index in [1.54, 1.807) is 41.3 Å². The zero-order valence-corrected chi connectivity index (χ0v) is 12.5. The van der Waals surface area contributed by atoms with Gasteiger partial charge in [-0.3, -0.25) is 4.68 Å². The van der Waals surface area contributed by atoms with Gasteiger partial charge < -0.3 is 5.73 Å². The molecule has 0 aliphatic heterocycles. The molecule has 0 saturated heterocycles. The summed E-state index contributed by atoms with van der Waals surface area (Å²) in [5, 5.41) is 7.50. The molecule has 1 aromatic carbocycles. The van der Waals surface area contributed by atoms with Crippen molar-refractivity contribution in [3.63, 3.8) is 0 Å². The van der Waals surface area contributed by atoms with Gasteiger partial charge in [0.05, 0.1) is 11.1 Å². The number of nitrogens with one attached hydrogen (secondary N) is 1. The smallest absolute Gasteiger partial charge is 0.240 e. The number of nitrogens with two attached hydrogens (primary N) is 1. The van der Waals surface area contributed by atoms with Crippen molar-refractivity contribution in [2.24, 2.45) is 5.73 Å². The molecular formula is C13H19N5O2S.